The quantitative estimate of drug-likeness (QED) is 0.492. The molecule has 0 radical (unpaired) electrons. The zero-order valence-electron chi connectivity index (χ0n) is 11.6. The number of nitrogens with one attached hydrogen (secondary N) is 3. The Labute approximate surface area is 121 Å². The summed E-state index contributed by atoms with van der Waals surface area (Å²) in [4.78, 5) is 29.3. The minimum absolute atomic E-state index is 0.225. The Morgan fingerprint density at radius 2 is 2.30 bits per heavy atom. The number of thioether (sulfide) groups is 1. The molecule has 1 amide bonds. The second-order valence-corrected chi connectivity index (χ2v) is 5.24. The van der Waals surface area contributed by atoms with E-state index in [4.69, 9.17) is 0 Å². The highest BCUT2D eigenvalue weighted by Crippen LogP contribution is 2.00. The van der Waals surface area contributed by atoms with Gasteiger partial charge in [0.25, 0.3) is 5.56 Å². The SMILES string of the molecule is CSCC[C@H](O)C(=O)NCCNc1nc(C)cc(=O)[nH]1. The molecule has 1 rings (SSSR count). The van der Waals surface area contributed by atoms with Crippen LogP contribution in [-0.4, -0.2) is 52.2 Å². The minimum atomic E-state index is -0.973. The summed E-state index contributed by atoms with van der Waals surface area (Å²) in [5.41, 5.74) is 0.393. The Balaban J connectivity index is 2.27. The van der Waals surface area contributed by atoms with Crippen molar-refractivity contribution < 1.29 is 9.90 Å². The molecule has 0 saturated heterocycles. The predicted molar refractivity (Wildman–Crippen MR) is 80.1 cm³/mol. The van der Waals surface area contributed by atoms with Crippen molar-refractivity contribution in [3.63, 3.8) is 0 Å². The number of carbonyl (C=O) groups excluding carboxylic acids is 1. The lowest BCUT2D eigenvalue weighted by Gasteiger charge is -2.11. The van der Waals surface area contributed by atoms with E-state index >= 15 is 0 Å². The number of hydrogen-bond acceptors (Lipinski definition) is 6. The number of aliphatic hydroxyl groups excluding tert-OH is 1. The number of hydrogen-bond donors (Lipinski definition) is 4. The van der Waals surface area contributed by atoms with Crippen LogP contribution in [0.25, 0.3) is 0 Å². The molecular formula is C12H20N4O3S. The van der Waals surface area contributed by atoms with E-state index in [2.05, 4.69) is 20.6 Å². The van der Waals surface area contributed by atoms with Gasteiger partial charge in [0.05, 0.1) is 0 Å². The van der Waals surface area contributed by atoms with Crippen LogP contribution >= 0.6 is 11.8 Å². The average Bonchev–Trinajstić information content (AvgIpc) is 2.39. The van der Waals surface area contributed by atoms with Crippen LogP contribution in [0.4, 0.5) is 5.95 Å². The van der Waals surface area contributed by atoms with E-state index < -0.39 is 6.10 Å². The first-order valence-electron chi connectivity index (χ1n) is 6.29. The molecule has 1 aromatic rings. The van der Waals surface area contributed by atoms with Crippen LogP contribution in [0.3, 0.4) is 0 Å². The normalized spacial score (nSPS) is 11.9. The van der Waals surface area contributed by atoms with Crippen molar-refractivity contribution in [3.05, 3.63) is 22.1 Å². The highest BCUT2D eigenvalue weighted by molar-refractivity contribution is 7.98. The molecule has 20 heavy (non-hydrogen) atoms. The van der Waals surface area contributed by atoms with E-state index in [1.807, 2.05) is 6.26 Å². The van der Waals surface area contributed by atoms with Crippen LogP contribution in [0.5, 0.6) is 0 Å². The second-order valence-electron chi connectivity index (χ2n) is 4.25. The number of aromatic amines is 1. The van der Waals surface area contributed by atoms with Crippen LogP contribution in [0.1, 0.15) is 12.1 Å². The molecule has 0 aromatic carbocycles. The van der Waals surface area contributed by atoms with Crippen molar-refractivity contribution in [1.82, 2.24) is 15.3 Å². The molecule has 0 bridgehead atoms. The van der Waals surface area contributed by atoms with Crippen molar-refractivity contribution in [1.29, 1.82) is 0 Å². The van der Waals surface area contributed by atoms with Crippen LogP contribution in [0.15, 0.2) is 10.9 Å². The number of carbonyl (C=O) groups is 1. The molecule has 0 aliphatic heterocycles. The van der Waals surface area contributed by atoms with E-state index in [0.717, 1.165) is 5.75 Å². The van der Waals surface area contributed by atoms with E-state index in [-0.39, 0.29) is 11.5 Å². The van der Waals surface area contributed by atoms with Gasteiger partial charge in [-0.05, 0) is 25.4 Å². The summed E-state index contributed by atoms with van der Waals surface area (Å²) in [6, 6.07) is 1.40. The maximum Gasteiger partial charge on any atom is 0.252 e. The second kappa shape index (κ2) is 8.60. The molecule has 1 heterocycles. The fourth-order valence-corrected chi connectivity index (χ4v) is 1.97. The summed E-state index contributed by atoms with van der Waals surface area (Å²) in [7, 11) is 0. The van der Waals surface area contributed by atoms with Crippen molar-refractivity contribution >= 4 is 23.6 Å². The molecule has 0 aliphatic rings. The third-order valence-corrected chi connectivity index (χ3v) is 3.13. The third-order valence-electron chi connectivity index (χ3n) is 2.48. The number of amides is 1. The van der Waals surface area contributed by atoms with Gasteiger partial charge in [-0.2, -0.15) is 11.8 Å². The molecule has 0 unspecified atom stereocenters. The van der Waals surface area contributed by atoms with Crippen molar-refractivity contribution in [2.75, 3.05) is 30.4 Å². The number of aryl methyl sites for hydroxylation is 1. The summed E-state index contributed by atoms with van der Waals surface area (Å²) < 4.78 is 0. The fourth-order valence-electron chi connectivity index (χ4n) is 1.51. The number of aliphatic hydroxyl groups is 1. The maximum atomic E-state index is 11.5. The Kier molecular flexibility index (Phi) is 7.10. The minimum Gasteiger partial charge on any atom is -0.383 e. The van der Waals surface area contributed by atoms with Gasteiger partial charge in [0, 0.05) is 24.8 Å². The van der Waals surface area contributed by atoms with E-state index in [1.54, 1.807) is 18.7 Å². The highest BCUT2D eigenvalue weighted by Gasteiger charge is 2.13. The lowest BCUT2D eigenvalue weighted by atomic mass is 10.2. The Morgan fingerprint density at radius 3 is 2.95 bits per heavy atom. The van der Waals surface area contributed by atoms with Gasteiger partial charge in [0.1, 0.15) is 6.10 Å². The summed E-state index contributed by atoms with van der Waals surface area (Å²) >= 11 is 1.58. The van der Waals surface area contributed by atoms with Crippen LogP contribution in [-0.2, 0) is 4.79 Å². The van der Waals surface area contributed by atoms with E-state index in [0.29, 0.717) is 31.2 Å². The molecule has 1 atom stereocenters. The molecule has 7 nitrogen and oxygen atoms in total. The topological polar surface area (TPSA) is 107 Å². The molecule has 0 spiro atoms. The molecule has 0 saturated carbocycles. The largest absolute Gasteiger partial charge is 0.383 e. The van der Waals surface area contributed by atoms with Gasteiger partial charge in [-0.3, -0.25) is 14.6 Å². The monoisotopic (exact) mass is 300 g/mol. The average molecular weight is 300 g/mol. The van der Waals surface area contributed by atoms with Gasteiger partial charge in [0.15, 0.2) is 0 Å². The molecule has 0 fully saturated rings. The molecule has 0 aliphatic carbocycles. The molecule has 8 heteroatoms. The summed E-state index contributed by atoms with van der Waals surface area (Å²) in [5.74, 6) is 0.722. The third kappa shape index (κ3) is 6.07. The highest BCUT2D eigenvalue weighted by atomic mass is 32.2. The lowest BCUT2D eigenvalue weighted by Crippen LogP contribution is -2.37. The van der Waals surface area contributed by atoms with Crippen LogP contribution in [0, 0.1) is 6.92 Å². The maximum absolute atomic E-state index is 11.5. The first-order chi connectivity index (χ1) is 9.52. The van der Waals surface area contributed by atoms with Gasteiger partial charge in [-0.15, -0.1) is 0 Å². The smallest absolute Gasteiger partial charge is 0.252 e. The summed E-state index contributed by atoms with van der Waals surface area (Å²) in [5, 5.41) is 15.0. The first kappa shape index (κ1) is 16.5. The number of H-pyrrole nitrogens is 1. The van der Waals surface area contributed by atoms with E-state index in [1.165, 1.54) is 6.07 Å². The van der Waals surface area contributed by atoms with Crippen molar-refractivity contribution in [2.45, 2.75) is 19.4 Å². The molecule has 4 N–H and O–H groups in total. The standard InChI is InChI=1S/C12H20N4O3S/c1-8-7-10(18)16-12(15-8)14-5-4-13-11(19)9(17)3-6-20-2/h7,9,17H,3-6H2,1-2H3,(H,13,19)(H2,14,15,16,18)/t9-/m0/s1. The fraction of sp³-hybridized carbons (Fsp3) is 0.583. The van der Waals surface area contributed by atoms with Gasteiger partial charge >= 0.3 is 0 Å². The predicted octanol–water partition coefficient (Wildman–Crippen LogP) is -0.280. The zero-order chi connectivity index (χ0) is 15.0. The Hall–Kier alpha value is -1.54. The lowest BCUT2D eigenvalue weighted by molar-refractivity contribution is -0.129. The van der Waals surface area contributed by atoms with Crippen molar-refractivity contribution in [3.8, 4) is 0 Å². The van der Waals surface area contributed by atoms with E-state index in [9.17, 15) is 14.7 Å². The number of nitrogens with zero attached hydrogens (tertiary/aromatic N) is 1. The Bertz CT molecular complexity index is 492. The van der Waals surface area contributed by atoms with Crippen LogP contribution in [0.2, 0.25) is 0 Å². The number of aromatic nitrogens is 2. The summed E-state index contributed by atoms with van der Waals surface area (Å²) in [6.07, 6.45) is 1.39. The number of anilines is 1. The van der Waals surface area contributed by atoms with Crippen molar-refractivity contribution in [2.24, 2.45) is 0 Å². The van der Waals surface area contributed by atoms with Gasteiger partial charge < -0.3 is 15.7 Å². The molecule has 1 aromatic heterocycles. The Morgan fingerprint density at radius 1 is 1.55 bits per heavy atom. The van der Waals surface area contributed by atoms with Crippen LogP contribution < -0.4 is 16.2 Å². The van der Waals surface area contributed by atoms with Gasteiger partial charge in [-0.25, -0.2) is 4.98 Å². The zero-order valence-corrected chi connectivity index (χ0v) is 12.4. The molecular weight excluding hydrogens is 280 g/mol. The first-order valence-corrected chi connectivity index (χ1v) is 7.69. The molecule has 112 valence electrons. The number of rotatable bonds is 8. The van der Waals surface area contributed by atoms with Gasteiger partial charge in [0.2, 0.25) is 11.9 Å². The summed E-state index contributed by atoms with van der Waals surface area (Å²) in [6.45, 7) is 2.48. The van der Waals surface area contributed by atoms with Gasteiger partial charge in [-0.1, -0.05) is 0 Å².